The summed E-state index contributed by atoms with van der Waals surface area (Å²) < 4.78 is 4.46. The predicted octanol–water partition coefficient (Wildman–Crippen LogP) is 3.11. The Kier molecular flexibility index (Phi) is 8.07. The second-order valence-electron chi connectivity index (χ2n) is 4.01. The Bertz CT molecular complexity index is 567. The van der Waals surface area contributed by atoms with E-state index in [9.17, 15) is 9.59 Å². The largest absolute Gasteiger partial charge is 0.453 e. The van der Waals surface area contributed by atoms with Crippen molar-refractivity contribution in [3.05, 3.63) is 18.2 Å². The van der Waals surface area contributed by atoms with E-state index in [2.05, 4.69) is 20.7 Å². The summed E-state index contributed by atoms with van der Waals surface area (Å²) in [6, 6.07) is 5.56. The van der Waals surface area contributed by atoms with Gasteiger partial charge in [-0.15, -0.1) is 11.8 Å². The van der Waals surface area contributed by atoms with Crippen LogP contribution in [0.4, 0.5) is 16.2 Å². The van der Waals surface area contributed by atoms with E-state index in [1.165, 1.54) is 14.0 Å². The summed E-state index contributed by atoms with van der Waals surface area (Å²) in [5, 5.41) is 8.94. The van der Waals surface area contributed by atoms with Crippen LogP contribution in [0.1, 0.15) is 6.92 Å². The van der Waals surface area contributed by atoms with Crippen molar-refractivity contribution in [2.75, 3.05) is 29.1 Å². The highest BCUT2D eigenvalue weighted by molar-refractivity contribution is 8.15. The fourth-order valence-electron chi connectivity index (χ4n) is 1.44. The molecule has 9 heteroatoms. The minimum Gasteiger partial charge on any atom is -0.453 e. The van der Waals surface area contributed by atoms with Crippen molar-refractivity contribution in [1.82, 2.24) is 5.32 Å². The molecule has 0 saturated carbocycles. The quantitative estimate of drug-likeness (QED) is 0.423. The molecule has 0 fully saturated rings. The molecule has 0 aliphatic carbocycles. The molecule has 120 valence electrons. The molecule has 22 heavy (non-hydrogen) atoms. The highest BCUT2D eigenvalue weighted by Crippen LogP contribution is 2.30. The molecule has 0 spiro atoms. The van der Waals surface area contributed by atoms with Gasteiger partial charge in [0, 0.05) is 16.9 Å². The van der Waals surface area contributed by atoms with Crippen LogP contribution in [0.5, 0.6) is 0 Å². The van der Waals surface area contributed by atoms with E-state index in [1.54, 1.807) is 29.6 Å². The van der Waals surface area contributed by atoms with Crippen LogP contribution >= 0.6 is 35.7 Å². The first kappa shape index (κ1) is 18.6. The van der Waals surface area contributed by atoms with Crippen LogP contribution in [-0.2, 0) is 9.53 Å². The average Bonchev–Trinajstić information content (AvgIpc) is 2.46. The Morgan fingerprint density at radius 2 is 2.00 bits per heavy atom. The molecule has 0 aromatic heterocycles. The summed E-state index contributed by atoms with van der Waals surface area (Å²) in [4.78, 5) is 23.5. The normalized spacial score (nSPS) is 9.77. The third-order valence-electron chi connectivity index (χ3n) is 2.29. The maximum atomic E-state index is 11.3. The molecule has 1 aromatic carbocycles. The van der Waals surface area contributed by atoms with Crippen LogP contribution in [0.15, 0.2) is 23.1 Å². The first-order chi connectivity index (χ1) is 10.5. The lowest BCUT2D eigenvalue weighted by Crippen LogP contribution is -2.34. The molecule has 0 saturated heterocycles. The maximum Gasteiger partial charge on any atom is 0.413 e. The van der Waals surface area contributed by atoms with Gasteiger partial charge in [0.2, 0.25) is 5.91 Å². The number of thioether (sulfide) groups is 2. The SMILES string of the molecule is COC(=O)NC(=S)Nc1ccc(SCSC)cc1NC(C)=O. The summed E-state index contributed by atoms with van der Waals surface area (Å²) in [5.41, 5.74) is 1.18. The van der Waals surface area contributed by atoms with E-state index < -0.39 is 6.09 Å². The third-order valence-corrected chi connectivity index (χ3v) is 4.50. The Morgan fingerprint density at radius 3 is 2.59 bits per heavy atom. The molecule has 1 rings (SSSR count). The van der Waals surface area contributed by atoms with Gasteiger partial charge >= 0.3 is 6.09 Å². The number of hydrogen-bond donors (Lipinski definition) is 3. The number of carbonyl (C=O) groups excluding carboxylic acids is 2. The smallest absolute Gasteiger partial charge is 0.413 e. The van der Waals surface area contributed by atoms with E-state index in [1.807, 2.05) is 18.4 Å². The number of thiocarbonyl (C=S) groups is 1. The first-order valence-corrected chi connectivity index (χ1v) is 8.94. The van der Waals surface area contributed by atoms with Crippen LogP contribution in [-0.4, -0.2) is 35.6 Å². The van der Waals surface area contributed by atoms with Crippen molar-refractivity contribution in [2.24, 2.45) is 0 Å². The van der Waals surface area contributed by atoms with Crippen LogP contribution < -0.4 is 16.0 Å². The van der Waals surface area contributed by atoms with Crippen LogP contribution in [0.25, 0.3) is 0 Å². The van der Waals surface area contributed by atoms with E-state index in [0.29, 0.717) is 11.4 Å². The zero-order valence-electron chi connectivity index (χ0n) is 12.4. The van der Waals surface area contributed by atoms with Gasteiger partial charge in [0.05, 0.1) is 18.5 Å². The summed E-state index contributed by atoms with van der Waals surface area (Å²) in [5.74, 6) is -0.193. The van der Waals surface area contributed by atoms with Crippen molar-refractivity contribution in [2.45, 2.75) is 11.8 Å². The molecule has 0 radical (unpaired) electrons. The van der Waals surface area contributed by atoms with Crippen molar-refractivity contribution in [3.8, 4) is 0 Å². The fraction of sp³-hybridized carbons (Fsp3) is 0.308. The first-order valence-electron chi connectivity index (χ1n) is 6.15. The molecule has 0 unspecified atom stereocenters. The number of ether oxygens (including phenoxy) is 1. The fourth-order valence-corrected chi connectivity index (χ4v) is 3.01. The van der Waals surface area contributed by atoms with E-state index >= 15 is 0 Å². The summed E-state index contributed by atoms with van der Waals surface area (Å²) in [7, 11) is 1.25. The number of methoxy groups -OCH3 is 1. The van der Waals surface area contributed by atoms with Gasteiger partial charge in [0.1, 0.15) is 0 Å². The highest BCUT2D eigenvalue weighted by Gasteiger charge is 2.09. The number of alkyl carbamates (subject to hydrolysis) is 1. The number of benzene rings is 1. The lowest BCUT2D eigenvalue weighted by Gasteiger charge is -2.14. The second-order valence-corrected chi connectivity index (χ2v) is 6.70. The van der Waals surface area contributed by atoms with Crippen molar-refractivity contribution < 1.29 is 14.3 Å². The zero-order chi connectivity index (χ0) is 16.5. The molecule has 6 nitrogen and oxygen atoms in total. The predicted molar refractivity (Wildman–Crippen MR) is 96.7 cm³/mol. The number of nitrogens with one attached hydrogen (secondary N) is 3. The zero-order valence-corrected chi connectivity index (χ0v) is 14.8. The molecular formula is C13H17N3O3S3. The van der Waals surface area contributed by atoms with Gasteiger partial charge in [-0.2, -0.15) is 11.8 Å². The Balaban J connectivity index is 2.89. The number of rotatable bonds is 5. The van der Waals surface area contributed by atoms with Crippen molar-refractivity contribution in [1.29, 1.82) is 0 Å². The monoisotopic (exact) mass is 359 g/mol. The third kappa shape index (κ3) is 6.54. The van der Waals surface area contributed by atoms with Gasteiger partial charge < -0.3 is 15.4 Å². The maximum absolute atomic E-state index is 11.3. The highest BCUT2D eigenvalue weighted by atomic mass is 32.2. The van der Waals surface area contributed by atoms with Gasteiger partial charge in [0.15, 0.2) is 5.11 Å². The van der Waals surface area contributed by atoms with E-state index in [0.717, 1.165) is 9.98 Å². The molecule has 0 aliphatic heterocycles. The Morgan fingerprint density at radius 1 is 1.27 bits per heavy atom. The van der Waals surface area contributed by atoms with Gasteiger partial charge in [-0.05, 0) is 36.7 Å². The summed E-state index contributed by atoms with van der Waals surface area (Å²) in [6.07, 6.45) is 1.36. The molecular weight excluding hydrogens is 342 g/mol. The van der Waals surface area contributed by atoms with Crippen molar-refractivity contribution in [3.63, 3.8) is 0 Å². The summed E-state index contributed by atoms with van der Waals surface area (Å²) >= 11 is 8.39. The minimum absolute atomic E-state index is 0.0861. The molecule has 0 bridgehead atoms. The van der Waals surface area contributed by atoms with Crippen LogP contribution in [0.3, 0.4) is 0 Å². The standard InChI is InChI=1S/C13H17N3O3S3/c1-8(17)14-11-6-9(22-7-21-3)4-5-10(11)15-12(20)16-13(18)19-2/h4-6H,7H2,1-3H3,(H,14,17)(H2,15,16,18,20). The van der Waals surface area contributed by atoms with Crippen LogP contribution in [0.2, 0.25) is 0 Å². The molecule has 0 heterocycles. The van der Waals surface area contributed by atoms with Gasteiger partial charge in [-0.25, -0.2) is 4.79 Å². The lowest BCUT2D eigenvalue weighted by molar-refractivity contribution is -0.114. The minimum atomic E-state index is -0.661. The molecule has 0 atom stereocenters. The molecule has 3 N–H and O–H groups in total. The molecule has 2 amide bonds. The molecule has 0 aliphatic rings. The number of carbonyl (C=O) groups is 2. The van der Waals surface area contributed by atoms with Gasteiger partial charge in [-0.3, -0.25) is 10.1 Å². The van der Waals surface area contributed by atoms with Gasteiger partial charge in [0.25, 0.3) is 0 Å². The lowest BCUT2D eigenvalue weighted by atomic mass is 10.2. The average molecular weight is 359 g/mol. The topological polar surface area (TPSA) is 79.5 Å². The van der Waals surface area contributed by atoms with E-state index in [4.69, 9.17) is 12.2 Å². The molecule has 1 aromatic rings. The van der Waals surface area contributed by atoms with Gasteiger partial charge in [-0.1, -0.05) is 0 Å². The van der Waals surface area contributed by atoms with Crippen LogP contribution in [0, 0.1) is 0 Å². The second kappa shape index (κ2) is 9.54. The van der Waals surface area contributed by atoms with E-state index in [-0.39, 0.29) is 11.0 Å². The Labute approximate surface area is 143 Å². The Hall–Kier alpha value is -1.45. The number of amides is 2. The number of hydrogen-bond acceptors (Lipinski definition) is 6. The van der Waals surface area contributed by atoms with Crippen molar-refractivity contribution >= 4 is 64.2 Å². The summed E-state index contributed by atoms with van der Waals surface area (Å²) in [6.45, 7) is 1.43. The number of anilines is 2.